The lowest BCUT2D eigenvalue weighted by Crippen LogP contribution is -2.04. The van der Waals surface area contributed by atoms with Gasteiger partial charge >= 0.3 is 5.97 Å². The van der Waals surface area contributed by atoms with Crippen molar-refractivity contribution in [2.75, 3.05) is 25.2 Å². The van der Waals surface area contributed by atoms with Crippen LogP contribution in [0.25, 0.3) is 6.08 Å². The molecule has 1 aromatic carbocycles. The van der Waals surface area contributed by atoms with Crippen LogP contribution in [0.3, 0.4) is 0 Å². The molecule has 2 rings (SSSR count). The topological polar surface area (TPSA) is 79.9 Å². The van der Waals surface area contributed by atoms with Crippen LogP contribution in [-0.2, 0) is 4.74 Å². The molecule has 0 radical (unpaired) electrons. The summed E-state index contributed by atoms with van der Waals surface area (Å²) in [6, 6.07) is 7.26. The maximum absolute atomic E-state index is 11.4. The smallest absolute Gasteiger partial charge is 0.337 e. The summed E-state index contributed by atoms with van der Waals surface area (Å²) < 4.78 is 4.67. The number of H-pyrrole nitrogens is 1. The second-order valence-corrected chi connectivity index (χ2v) is 5.42. The van der Waals surface area contributed by atoms with Crippen molar-refractivity contribution < 1.29 is 9.53 Å². The molecule has 6 nitrogen and oxygen atoms in total. The van der Waals surface area contributed by atoms with E-state index in [-0.39, 0.29) is 5.97 Å². The van der Waals surface area contributed by atoms with E-state index in [0.717, 1.165) is 16.3 Å². The van der Waals surface area contributed by atoms with E-state index in [1.807, 2.05) is 31.4 Å². The second-order valence-electron chi connectivity index (χ2n) is 4.63. The molecule has 0 unspecified atom stereocenters. The first-order chi connectivity index (χ1) is 10.6. The molecule has 0 saturated heterocycles. The zero-order valence-electron chi connectivity index (χ0n) is 12.7. The zero-order chi connectivity index (χ0) is 15.9. The number of carbonyl (C=O) groups excluding carboxylic acids is 1. The monoisotopic (exact) mass is 318 g/mol. The maximum atomic E-state index is 11.4. The van der Waals surface area contributed by atoms with Crippen LogP contribution in [0.4, 0.5) is 5.95 Å². The number of anilines is 1. The number of benzene rings is 1. The number of carbonyl (C=O) groups is 1. The number of esters is 1. The third-order valence-corrected chi connectivity index (χ3v) is 3.50. The van der Waals surface area contributed by atoms with Gasteiger partial charge in [-0.3, -0.25) is 5.10 Å². The minimum atomic E-state index is -0.330. The van der Waals surface area contributed by atoms with Crippen molar-refractivity contribution in [2.24, 2.45) is 0 Å². The first kappa shape index (κ1) is 16.1. The molecule has 116 valence electrons. The summed E-state index contributed by atoms with van der Waals surface area (Å²) in [5.74, 6) is 0.251. The van der Waals surface area contributed by atoms with Gasteiger partial charge < -0.3 is 10.1 Å². The average Bonchev–Trinajstić information content (AvgIpc) is 3.01. The Morgan fingerprint density at radius 2 is 2.14 bits per heavy atom. The summed E-state index contributed by atoms with van der Waals surface area (Å²) in [4.78, 5) is 15.6. The summed E-state index contributed by atoms with van der Waals surface area (Å²) in [6.45, 7) is 2.66. The van der Waals surface area contributed by atoms with Gasteiger partial charge in [-0.05, 0) is 30.9 Å². The molecule has 1 aromatic heterocycles. The first-order valence-corrected chi connectivity index (χ1v) is 7.90. The Morgan fingerprint density at radius 3 is 2.73 bits per heavy atom. The Kier molecular flexibility index (Phi) is 5.60. The van der Waals surface area contributed by atoms with Crippen molar-refractivity contribution in [3.05, 3.63) is 41.0 Å². The molecule has 0 aliphatic rings. The van der Waals surface area contributed by atoms with Gasteiger partial charge in [0.2, 0.25) is 5.95 Å². The van der Waals surface area contributed by atoms with E-state index in [2.05, 4.69) is 25.2 Å². The van der Waals surface area contributed by atoms with Crippen molar-refractivity contribution in [1.29, 1.82) is 0 Å². The number of ether oxygens (including phenoxy) is 1. The van der Waals surface area contributed by atoms with Crippen molar-refractivity contribution in [2.45, 2.75) is 12.1 Å². The van der Waals surface area contributed by atoms with Crippen LogP contribution in [0.15, 0.2) is 35.0 Å². The molecule has 2 N–H and O–H groups in total. The van der Waals surface area contributed by atoms with E-state index in [4.69, 9.17) is 0 Å². The zero-order valence-corrected chi connectivity index (χ0v) is 13.5. The number of nitrogens with zero attached hydrogens (tertiary/aromatic N) is 2. The number of thioether (sulfide) groups is 1. The van der Waals surface area contributed by atoms with Crippen molar-refractivity contribution >= 4 is 29.8 Å². The standard InChI is InChI=1S/C15H18N4O2S/c1-10(9-16-14-17-15(22-3)19-18-14)8-11-4-6-12(7-5-11)13(20)21-2/h4-8H,9H2,1-3H3,(H2,16,17,18,19). The van der Waals surface area contributed by atoms with Gasteiger partial charge in [-0.1, -0.05) is 35.5 Å². The van der Waals surface area contributed by atoms with Gasteiger partial charge in [-0.2, -0.15) is 4.98 Å². The number of rotatable bonds is 6. The third kappa shape index (κ3) is 4.36. The lowest BCUT2D eigenvalue weighted by Gasteiger charge is -2.03. The van der Waals surface area contributed by atoms with Crippen molar-refractivity contribution in [1.82, 2.24) is 15.2 Å². The lowest BCUT2D eigenvalue weighted by molar-refractivity contribution is 0.0600. The molecule has 0 atom stereocenters. The molecule has 1 heterocycles. The normalized spacial score (nSPS) is 11.3. The number of aromatic amines is 1. The van der Waals surface area contributed by atoms with E-state index < -0.39 is 0 Å². The first-order valence-electron chi connectivity index (χ1n) is 6.68. The summed E-state index contributed by atoms with van der Waals surface area (Å²) >= 11 is 1.51. The highest BCUT2D eigenvalue weighted by molar-refractivity contribution is 7.98. The summed E-state index contributed by atoms with van der Waals surface area (Å²) in [5.41, 5.74) is 2.69. The highest BCUT2D eigenvalue weighted by atomic mass is 32.2. The molecule has 0 aliphatic carbocycles. The number of hydrogen-bond donors (Lipinski definition) is 2. The molecule has 7 heteroatoms. The Hall–Kier alpha value is -2.28. The Bertz CT molecular complexity index is 664. The molecule has 0 aliphatic heterocycles. The minimum absolute atomic E-state index is 0.330. The van der Waals surface area contributed by atoms with Gasteiger partial charge in [0.25, 0.3) is 0 Å². The van der Waals surface area contributed by atoms with E-state index in [9.17, 15) is 4.79 Å². The predicted octanol–water partition coefficient (Wildman–Crippen LogP) is 2.83. The number of hydrogen-bond acceptors (Lipinski definition) is 6. The predicted molar refractivity (Wildman–Crippen MR) is 88.1 cm³/mol. The highest BCUT2D eigenvalue weighted by Crippen LogP contribution is 2.12. The number of aromatic nitrogens is 3. The quantitative estimate of drug-likeness (QED) is 0.630. The molecular formula is C15H18N4O2S. The third-order valence-electron chi connectivity index (χ3n) is 2.93. The van der Waals surface area contributed by atoms with Crippen LogP contribution < -0.4 is 5.32 Å². The van der Waals surface area contributed by atoms with Crippen LogP contribution in [0.1, 0.15) is 22.8 Å². The highest BCUT2D eigenvalue weighted by Gasteiger charge is 2.04. The molecule has 0 amide bonds. The summed E-state index contributed by atoms with van der Waals surface area (Å²) in [7, 11) is 1.37. The maximum Gasteiger partial charge on any atom is 0.337 e. The number of nitrogens with one attached hydrogen (secondary N) is 2. The Morgan fingerprint density at radius 1 is 1.41 bits per heavy atom. The molecular weight excluding hydrogens is 300 g/mol. The van der Waals surface area contributed by atoms with Crippen LogP contribution in [-0.4, -0.2) is 41.1 Å². The van der Waals surface area contributed by atoms with Gasteiger partial charge in [-0.25, -0.2) is 4.79 Å². The fraction of sp³-hybridized carbons (Fsp3) is 0.267. The van der Waals surface area contributed by atoms with E-state index >= 15 is 0 Å². The van der Waals surface area contributed by atoms with Crippen LogP contribution in [0.2, 0.25) is 0 Å². The van der Waals surface area contributed by atoms with Gasteiger partial charge in [0.1, 0.15) is 0 Å². The molecule has 0 spiro atoms. The molecule has 22 heavy (non-hydrogen) atoms. The van der Waals surface area contributed by atoms with Crippen molar-refractivity contribution in [3.63, 3.8) is 0 Å². The number of methoxy groups -OCH3 is 1. The SMILES string of the molecule is COC(=O)c1ccc(C=C(C)CNc2n[nH]c(SC)n2)cc1. The lowest BCUT2D eigenvalue weighted by atomic mass is 10.1. The van der Waals surface area contributed by atoms with E-state index in [1.165, 1.54) is 18.9 Å². The van der Waals surface area contributed by atoms with Gasteiger partial charge in [-0.15, -0.1) is 5.10 Å². The van der Waals surface area contributed by atoms with Crippen molar-refractivity contribution in [3.8, 4) is 0 Å². The minimum Gasteiger partial charge on any atom is -0.465 e. The Balaban J connectivity index is 1.95. The van der Waals surface area contributed by atoms with Gasteiger partial charge in [0.15, 0.2) is 5.16 Å². The molecule has 0 saturated carbocycles. The van der Waals surface area contributed by atoms with Crippen LogP contribution >= 0.6 is 11.8 Å². The summed E-state index contributed by atoms with van der Waals surface area (Å²) in [5, 5.41) is 10.8. The van der Waals surface area contributed by atoms with E-state index in [0.29, 0.717) is 18.1 Å². The summed E-state index contributed by atoms with van der Waals surface area (Å²) in [6.07, 6.45) is 3.98. The second kappa shape index (κ2) is 7.65. The molecule has 0 bridgehead atoms. The van der Waals surface area contributed by atoms with Gasteiger partial charge in [0.05, 0.1) is 12.7 Å². The molecule has 0 fully saturated rings. The average molecular weight is 318 g/mol. The fourth-order valence-electron chi connectivity index (χ4n) is 1.80. The van der Waals surface area contributed by atoms with E-state index in [1.54, 1.807) is 12.1 Å². The van der Waals surface area contributed by atoms with Crippen LogP contribution in [0, 0.1) is 0 Å². The van der Waals surface area contributed by atoms with Crippen LogP contribution in [0.5, 0.6) is 0 Å². The fourth-order valence-corrected chi connectivity index (χ4v) is 2.12. The molecule has 2 aromatic rings. The Labute approximate surface area is 133 Å². The van der Waals surface area contributed by atoms with Gasteiger partial charge in [0, 0.05) is 6.54 Å². The largest absolute Gasteiger partial charge is 0.465 e.